The van der Waals surface area contributed by atoms with Crippen molar-refractivity contribution in [2.45, 2.75) is 38.5 Å². The molecule has 0 atom stereocenters. The fourth-order valence-corrected chi connectivity index (χ4v) is 2.96. The number of halogens is 3. The van der Waals surface area contributed by atoms with Crippen LogP contribution in [0.4, 0.5) is 8.78 Å². The number of alkyl halides is 2. The summed E-state index contributed by atoms with van der Waals surface area (Å²) in [6.45, 7) is 2.03. The second kappa shape index (κ2) is 4.13. The molecular weight excluding hydrogens is 325 g/mol. The monoisotopic (exact) mass is 338 g/mol. The second-order valence-corrected chi connectivity index (χ2v) is 5.34. The molecule has 16 heavy (non-hydrogen) atoms. The molecule has 0 fully saturated rings. The van der Waals surface area contributed by atoms with Crippen LogP contribution in [0.5, 0.6) is 5.75 Å². The Hall–Kier alpha value is -0.390. The maximum Gasteiger partial charge on any atom is 0.277 e. The van der Waals surface area contributed by atoms with Gasteiger partial charge < -0.3 is 5.11 Å². The van der Waals surface area contributed by atoms with E-state index >= 15 is 0 Å². The Morgan fingerprint density at radius 1 is 1.50 bits per heavy atom. The molecule has 2 rings (SSSR count). The Morgan fingerprint density at radius 3 is 2.81 bits per heavy atom. The van der Waals surface area contributed by atoms with Gasteiger partial charge in [-0.05, 0) is 52.6 Å². The second-order valence-electron chi connectivity index (χ2n) is 4.17. The minimum atomic E-state index is -2.86. The number of fused-ring (bicyclic) bond motifs is 1. The molecule has 0 aromatic heterocycles. The van der Waals surface area contributed by atoms with Gasteiger partial charge in [-0.15, -0.1) is 0 Å². The van der Waals surface area contributed by atoms with E-state index in [1.807, 2.05) is 35.6 Å². The molecule has 88 valence electrons. The lowest BCUT2D eigenvalue weighted by Gasteiger charge is -2.15. The summed E-state index contributed by atoms with van der Waals surface area (Å²) in [6.07, 6.45) is 1.93. The van der Waals surface area contributed by atoms with Crippen LogP contribution in [0.2, 0.25) is 0 Å². The third-order valence-electron chi connectivity index (χ3n) is 3.03. The molecule has 0 saturated heterocycles. The largest absolute Gasteiger partial charge is 0.506 e. The van der Waals surface area contributed by atoms with Crippen LogP contribution in [-0.4, -0.2) is 5.11 Å². The van der Waals surface area contributed by atoms with E-state index in [1.54, 1.807) is 0 Å². The first-order chi connectivity index (χ1) is 7.47. The maximum atomic E-state index is 13.6. The Bertz CT molecular complexity index is 430. The predicted octanol–water partition coefficient (Wildman–Crippen LogP) is 3.99. The first kappa shape index (κ1) is 12.1. The van der Waals surface area contributed by atoms with Gasteiger partial charge >= 0.3 is 0 Å². The summed E-state index contributed by atoms with van der Waals surface area (Å²) in [5.74, 6) is -3.08. The standard InChI is InChI=1S/C12H13F2IO/c1-2-3-7-6-9(15)11(16)10-8(7)4-5-12(10,13)14/h6,16H,2-5H2,1H3. The van der Waals surface area contributed by atoms with Gasteiger partial charge in [-0.3, -0.25) is 0 Å². The molecule has 0 amide bonds. The van der Waals surface area contributed by atoms with E-state index in [-0.39, 0.29) is 17.7 Å². The summed E-state index contributed by atoms with van der Waals surface area (Å²) in [6, 6.07) is 1.83. The van der Waals surface area contributed by atoms with Crippen LogP contribution in [0.15, 0.2) is 6.07 Å². The van der Waals surface area contributed by atoms with Crippen molar-refractivity contribution in [3.05, 3.63) is 26.3 Å². The van der Waals surface area contributed by atoms with E-state index in [2.05, 4.69) is 0 Å². The van der Waals surface area contributed by atoms with Crippen molar-refractivity contribution < 1.29 is 13.9 Å². The highest BCUT2D eigenvalue weighted by Crippen LogP contribution is 2.48. The Morgan fingerprint density at radius 2 is 2.19 bits per heavy atom. The van der Waals surface area contributed by atoms with E-state index < -0.39 is 5.92 Å². The highest BCUT2D eigenvalue weighted by molar-refractivity contribution is 14.1. The van der Waals surface area contributed by atoms with Crippen LogP contribution >= 0.6 is 22.6 Å². The van der Waals surface area contributed by atoms with Gasteiger partial charge in [0.2, 0.25) is 0 Å². The zero-order valence-corrected chi connectivity index (χ0v) is 11.1. The minimum absolute atomic E-state index is 0.122. The summed E-state index contributed by atoms with van der Waals surface area (Å²) in [4.78, 5) is 0. The number of hydrogen-bond acceptors (Lipinski definition) is 1. The molecule has 1 aliphatic carbocycles. The zero-order chi connectivity index (χ0) is 11.9. The number of rotatable bonds is 2. The number of phenolic OH excluding ortho intramolecular Hbond substituents is 1. The summed E-state index contributed by atoms with van der Waals surface area (Å²) in [5, 5.41) is 9.76. The minimum Gasteiger partial charge on any atom is -0.506 e. The van der Waals surface area contributed by atoms with Gasteiger partial charge in [-0.1, -0.05) is 13.3 Å². The molecule has 1 N–H and O–H groups in total. The lowest BCUT2D eigenvalue weighted by atomic mass is 9.98. The highest BCUT2D eigenvalue weighted by atomic mass is 127. The molecule has 0 unspecified atom stereocenters. The van der Waals surface area contributed by atoms with Crippen molar-refractivity contribution in [2.24, 2.45) is 0 Å². The van der Waals surface area contributed by atoms with E-state index in [9.17, 15) is 13.9 Å². The van der Waals surface area contributed by atoms with Crippen molar-refractivity contribution in [1.82, 2.24) is 0 Å². The van der Waals surface area contributed by atoms with E-state index in [1.165, 1.54) is 0 Å². The molecule has 4 heteroatoms. The zero-order valence-electron chi connectivity index (χ0n) is 8.99. The molecule has 1 aromatic rings. The van der Waals surface area contributed by atoms with Gasteiger partial charge in [0.1, 0.15) is 5.75 Å². The van der Waals surface area contributed by atoms with Crippen molar-refractivity contribution in [1.29, 1.82) is 0 Å². The highest BCUT2D eigenvalue weighted by Gasteiger charge is 2.43. The molecule has 0 aliphatic heterocycles. The smallest absolute Gasteiger partial charge is 0.277 e. The average molecular weight is 338 g/mol. The third kappa shape index (κ3) is 1.81. The molecule has 1 nitrogen and oxygen atoms in total. The van der Waals surface area contributed by atoms with Crippen LogP contribution in [0.3, 0.4) is 0 Å². The number of aryl methyl sites for hydroxylation is 1. The SMILES string of the molecule is CCCc1cc(I)c(O)c2c1CCC2(F)F. The first-order valence-electron chi connectivity index (χ1n) is 5.39. The Balaban J connectivity index is 2.63. The third-order valence-corrected chi connectivity index (χ3v) is 3.85. The lowest BCUT2D eigenvalue weighted by Crippen LogP contribution is -2.09. The van der Waals surface area contributed by atoms with Gasteiger partial charge in [0, 0.05) is 6.42 Å². The van der Waals surface area contributed by atoms with Crippen LogP contribution < -0.4 is 0 Å². The summed E-state index contributed by atoms with van der Waals surface area (Å²) in [5.41, 5.74) is 1.52. The van der Waals surface area contributed by atoms with Crippen LogP contribution in [-0.2, 0) is 18.8 Å². The number of aromatic hydroxyl groups is 1. The summed E-state index contributed by atoms with van der Waals surface area (Å²) in [7, 11) is 0. The maximum absolute atomic E-state index is 13.6. The van der Waals surface area contributed by atoms with E-state index in [4.69, 9.17) is 0 Å². The van der Waals surface area contributed by atoms with Crippen LogP contribution in [0, 0.1) is 3.57 Å². The van der Waals surface area contributed by atoms with Crippen molar-refractivity contribution in [2.75, 3.05) is 0 Å². The van der Waals surface area contributed by atoms with Crippen LogP contribution in [0.25, 0.3) is 0 Å². The van der Waals surface area contributed by atoms with E-state index in [0.717, 1.165) is 18.4 Å². The molecule has 0 saturated carbocycles. The van der Waals surface area contributed by atoms with Crippen molar-refractivity contribution >= 4 is 22.6 Å². The van der Waals surface area contributed by atoms with Crippen molar-refractivity contribution in [3.63, 3.8) is 0 Å². The van der Waals surface area contributed by atoms with Gasteiger partial charge in [0.25, 0.3) is 5.92 Å². The average Bonchev–Trinajstić information content (AvgIpc) is 2.51. The molecular formula is C12H13F2IO. The molecule has 0 bridgehead atoms. The summed E-state index contributed by atoms with van der Waals surface area (Å²) < 4.78 is 27.8. The number of phenols is 1. The fraction of sp³-hybridized carbons (Fsp3) is 0.500. The van der Waals surface area contributed by atoms with Crippen molar-refractivity contribution in [3.8, 4) is 5.75 Å². The lowest BCUT2D eigenvalue weighted by molar-refractivity contribution is -0.00383. The summed E-state index contributed by atoms with van der Waals surface area (Å²) >= 11 is 1.92. The van der Waals surface area contributed by atoms with Gasteiger partial charge in [0.05, 0.1) is 9.13 Å². The topological polar surface area (TPSA) is 20.2 Å². The molecule has 0 heterocycles. The Kier molecular flexibility index (Phi) is 3.11. The molecule has 0 spiro atoms. The van der Waals surface area contributed by atoms with Gasteiger partial charge in [0.15, 0.2) is 0 Å². The van der Waals surface area contributed by atoms with E-state index in [0.29, 0.717) is 15.6 Å². The quantitative estimate of drug-likeness (QED) is 0.809. The predicted molar refractivity (Wildman–Crippen MR) is 67.0 cm³/mol. The molecule has 1 aliphatic rings. The van der Waals surface area contributed by atoms with Gasteiger partial charge in [-0.25, -0.2) is 8.78 Å². The van der Waals surface area contributed by atoms with Gasteiger partial charge in [-0.2, -0.15) is 0 Å². The first-order valence-corrected chi connectivity index (χ1v) is 6.46. The normalized spacial score (nSPS) is 17.5. The molecule has 0 radical (unpaired) electrons. The Labute approximate surface area is 107 Å². The molecule has 1 aromatic carbocycles. The number of benzene rings is 1. The number of hydrogen-bond donors (Lipinski definition) is 1. The fourth-order valence-electron chi connectivity index (χ4n) is 2.31. The van der Waals surface area contributed by atoms with Crippen LogP contribution in [0.1, 0.15) is 36.5 Å².